The van der Waals surface area contributed by atoms with Gasteiger partial charge < -0.3 is 5.32 Å². The number of benzene rings is 1. The van der Waals surface area contributed by atoms with Gasteiger partial charge in [-0.25, -0.2) is 19.0 Å². The average molecular weight is 381 g/mol. The van der Waals surface area contributed by atoms with E-state index in [4.69, 9.17) is 4.84 Å². The highest BCUT2D eigenvalue weighted by Crippen LogP contribution is 2.39. The number of aryl methyl sites for hydroxylation is 1. The Bertz CT molecular complexity index is 1070. The fraction of sp³-hybridized carbons (Fsp3) is 0.350. The van der Waals surface area contributed by atoms with Gasteiger partial charge in [0.1, 0.15) is 11.5 Å². The molecule has 1 fully saturated rings. The van der Waals surface area contributed by atoms with Crippen LogP contribution in [0.15, 0.2) is 36.7 Å². The van der Waals surface area contributed by atoms with Crippen LogP contribution in [0.1, 0.15) is 43.4 Å². The smallest absolute Gasteiger partial charge is 0.224 e. The number of carbonyl (C=O) groups is 1. The summed E-state index contributed by atoms with van der Waals surface area (Å²) in [6, 6.07) is 6.54. The number of nitrogens with one attached hydrogen (secondary N) is 1. The lowest BCUT2D eigenvalue weighted by atomic mass is 9.93. The first kappa shape index (κ1) is 17.1. The maximum Gasteiger partial charge on any atom is 0.224 e. The van der Waals surface area contributed by atoms with Crippen LogP contribution in [0, 0.1) is 5.82 Å². The number of hydrogen-bond acceptors (Lipinski definition) is 5. The summed E-state index contributed by atoms with van der Waals surface area (Å²) in [5.41, 5.74) is 3.04. The van der Waals surface area contributed by atoms with E-state index in [-0.39, 0.29) is 23.9 Å². The molecule has 2 bridgehead atoms. The number of rotatable bonds is 0. The van der Waals surface area contributed by atoms with Gasteiger partial charge in [-0.15, -0.1) is 0 Å². The Labute approximate surface area is 161 Å². The van der Waals surface area contributed by atoms with Crippen molar-refractivity contribution in [1.82, 2.24) is 14.6 Å². The zero-order chi connectivity index (χ0) is 19.3. The van der Waals surface area contributed by atoms with Crippen molar-refractivity contribution in [3.8, 4) is 0 Å². The first-order valence-electron chi connectivity index (χ1n) is 9.47. The van der Waals surface area contributed by atoms with Crippen molar-refractivity contribution in [2.45, 2.75) is 44.8 Å². The summed E-state index contributed by atoms with van der Waals surface area (Å²) in [6.07, 6.45) is 5.82. The molecule has 0 saturated carbocycles. The third-order valence-electron chi connectivity index (χ3n) is 5.30. The van der Waals surface area contributed by atoms with E-state index >= 15 is 0 Å². The second-order valence-corrected chi connectivity index (χ2v) is 7.35. The van der Waals surface area contributed by atoms with Crippen LogP contribution in [0.2, 0.25) is 0 Å². The number of fused-ring (bicyclic) bond motifs is 5. The van der Waals surface area contributed by atoms with Gasteiger partial charge in [-0.05, 0) is 43.0 Å². The van der Waals surface area contributed by atoms with E-state index in [2.05, 4.69) is 15.4 Å². The predicted octanol–water partition coefficient (Wildman–Crippen LogP) is 3.41. The fourth-order valence-electron chi connectivity index (χ4n) is 4.01. The first-order chi connectivity index (χ1) is 13.6. The molecule has 144 valence electrons. The van der Waals surface area contributed by atoms with Crippen molar-refractivity contribution >= 4 is 23.1 Å². The van der Waals surface area contributed by atoms with Crippen LogP contribution in [0.4, 0.5) is 15.9 Å². The van der Waals surface area contributed by atoms with Gasteiger partial charge in [-0.3, -0.25) is 9.63 Å². The Morgan fingerprint density at radius 2 is 2.18 bits per heavy atom. The van der Waals surface area contributed by atoms with Gasteiger partial charge in [-0.2, -0.15) is 5.10 Å². The minimum Gasteiger partial charge on any atom is -0.322 e. The summed E-state index contributed by atoms with van der Waals surface area (Å²) in [7, 11) is 0. The Hall–Kier alpha value is -3.00. The zero-order valence-corrected chi connectivity index (χ0v) is 15.4. The Morgan fingerprint density at radius 1 is 1.29 bits per heavy atom. The number of hydrogen-bond donors (Lipinski definition) is 1. The lowest BCUT2D eigenvalue weighted by Gasteiger charge is -2.25. The monoisotopic (exact) mass is 381 g/mol. The normalized spacial score (nSPS) is 22.2. The fourth-order valence-corrected chi connectivity index (χ4v) is 4.01. The lowest BCUT2D eigenvalue weighted by Crippen LogP contribution is -2.24. The minimum atomic E-state index is -0.276. The Kier molecular flexibility index (Phi) is 4.01. The third kappa shape index (κ3) is 2.90. The molecule has 5 rings (SSSR count). The number of nitrogens with zero attached hydrogens (tertiary/aromatic N) is 4. The van der Waals surface area contributed by atoms with Crippen molar-refractivity contribution < 1.29 is 14.0 Å². The molecular formula is C20H20FN5O2. The zero-order valence-electron chi connectivity index (χ0n) is 15.4. The second kappa shape index (κ2) is 6.56. The van der Waals surface area contributed by atoms with Gasteiger partial charge in [0.2, 0.25) is 5.91 Å². The van der Waals surface area contributed by atoms with Crippen LogP contribution >= 0.6 is 0 Å². The molecule has 28 heavy (non-hydrogen) atoms. The van der Waals surface area contributed by atoms with Gasteiger partial charge in [0, 0.05) is 25.1 Å². The molecule has 1 amide bonds. The highest BCUT2D eigenvalue weighted by Gasteiger charge is 2.35. The third-order valence-corrected chi connectivity index (χ3v) is 5.30. The molecule has 0 aliphatic carbocycles. The molecule has 2 unspecified atom stereocenters. The SMILES string of the molecule is CC1CC2c3cc(F)ccc3CCCC(=O)Nc3cnn4ccc(nc34)N2O1. The molecule has 2 aliphatic rings. The van der Waals surface area contributed by atoms with Crippen LogP contribution in [-0.4, -0.2) is 26.6 Å². The molecule has 3 aromatic rings. The van der Waals surface area contributed by atoms with Crippen LogP contribution in [0.3, 0.4) is 0 Å². The van der Waals surface area contributed by atoms with Crippen molar-refractivity contribution in [2.75, 3.05) is 10.4 Å². The molecular weight excluding hydrogens is 361 g/mol. The number of aromatic nitrogens is 3. The average Bonchev–Trinajstić information content (AvgIpc) is 3.25. The van der Waals surface area contributed by atoms with Gasteiger partial charge in [0.25, 0.3) is 0 Å². The van der Waals surface area contributed by atoms with E-state index in [0.29, 0.717) is 36.4 Å². The molecule has 1 aromatic carbocycles. The number of anilines is 2. The Balaban J connectivity index is 1.68. The topological polar surface area (TPSA) is 71.8 Å². The van der Waals surface area contributed by atoms with E-state index in [0.717, 1.165) is 17.5 Å². The van der Waals surface area contributed by atoms with Gasteiger partial charge >= 0.3 is 0 Å². The summed E-state index contributed by atoms with van der Waals surface area (Å²) in [5, 5.41) is 8.90. The number of halogens is 1. The maximum absolute atomic E-state index is 14.1. The van der Waals surface area contributed by atoms with Crippen LogP contribution in [0.5, 0.6) is 0 Å². The van der Waals surface area contributed by atoms with Gasteiger partial charge in [0.15, 0.2) is 11.5 Å². The molecule has 8 heteroatoms. The summed E-state index contributed by atoms with van der Waals surface area (Å²) >= 11 is 0. The number of hydroxylamine groups is 1. The van der Waals surface area contributed by atoms with E-state index in [9.17, 15) is 9.18 Å². The summed E-state index contributed by atoms with van der Waals surface area (Å²) in [4.78, 5) is 23.1. The summed E-state index contributed by atoms with van der Waals surface area (Å²) in [6.45, 7) is 2.00. The molecule has 1 N–H and O–H groups in total. The van der Waals surface area contributed by atoms with Gasteiger partial charge in [0.05, 0.1) is 18.3 Å². The van der Waals surface area contributed by atoms with E-state index in [1.165, 1.54) is 6.07 Å². The number of carbonyl (C=O) groups excluding carboxylic acids is 1. The van der Waals surface area contributed by atoms with Crippen molar-refractivity contribution in [2.24, 2.45) is 0 Å². The van der Waals surface area contributed by atoms with E-state index in [1.807, 2.05) is 19.1 Å². The summed E-state index contributed by atoms with van der Waals surface area (Å²) in [5.74, 6) is 0.240. The first-order valence-corrected chi connectivity index (χ1v) is 9.47. The second-order valence-electron chi connectivity index (χ2n) is 7.35. The van der Waals surface area contributed by atoms with E-state index in [1.54, 1.807) is 28.0 Å². The molecule has 0 spiro atoms. The summed E-state index contributed by atoms with van der Waals surface area (Å²) < 4.78 is 15.7. The molecule has 4 heterocycles. The van der Waals surface area contributed by atoms with Crippen LogP contribution in [-0.2, 0) is 16.1 Å². The van der Waals surface area contributed by atoms with E-state index < -0.39 is 0 Å². The maximum atomic E-state index is 14.1. The van der Waals surface area contributed by atoms with Crippen molar-refractivity contribution in [1.29, 1.82) is 0 Å². The largest absolute Gasteiger partial charge is 0.322 e. The predicted molar refractivity (Wildman–Crippen MR) is 101 cm³/mol. The molecule has 2 aliphatic heterocycles. The quantitative estimate of drug-likeness (QED) is 0.646. The highest BCUT2D eigenvalue weighted by molar-refractivity contribution is 5.94. The molecule has 2 aromatic heterocycles. The highest BCUT2D eigenvalue weighted by atomic mass is 19.1. The molecule has 1 saturated heterocycles. The standard InChI is InChI=1S/C20H20FN5O2/c1-12-9-17-15-10-14(21)6-5-13(15)3-2-4-19(27)23-16-11-22-25-8-7-18(24-20(16)25)26(17)28-12/h5-8,10-12,17H,2-4,9H2,1H3,(H,23,27). The molecule has 7 nitrogen and oxygen atoms in total. The van der Waals surface area contributed by atoms with Crippen molar-refractivity contribution in [3.05, 3.63) is 53.6 Å². The lowest BCUT2D eigenvalue weighted by molar-refractivity contribution is -0.116. The van der Waals surface area contributed by atoms with Crippen LogP contribution in [0.25, 0.3) is 5.65 Å². The molecule has 0 radical (unpaired) electrons. The minimum absolute atomic E-state index is 0.0175. The van der Waals surface area contributed by atoms with Gasteiger partial charge in [-0.1, -0.05) is 6.07 Å². The molecule has 2 atom stereocenters. The number of amides is 1. The van der Waals surface area contributed by atoms with Crippen LogP contribution < -0.4 is 10.4 Å². The Morgan fingerprint density at radius 3 is 3.07 bits per heavy atom. The van der Waals surface area contributed by atoms with Crippen molar-refractivity contribution in [3.63, 3.8) is 0 Å².